The second-order valence-electron chi connectivity index (χ2n) is 8.58. The molecule has 5 heteroatoms. The summed E-state index contributed by atoms with van der Waals surface area (Å²) in [6, 6.07) is 11.0. The number of likely N-dealkylation sites (tertiary alicyclic amines) is 1. The lowest BCUT2D eigenvalue weighted by Gasteiger charge is -2.38. The normalized spacial score (nSPS) is 19.9. The average molecular weight is 410 g/mol. The molecule has 1 amide bonds. The third-order valence-corrected chi connectivity index (χ3v) is 6.52. The first-order valence-electron chi connectivity index (χ1n) is 11.4. The first-order valence-corrected chi connectivity index (χ1v) is 11.4. The summed E-state index contributed by atoms with van der Waals surface area (Å²) >= 11 is 0. The highest BCUT2D eigenvalue weighted by molar-refractivity contribution is 5.80. The minimum Gasteiger partial charge on any atom is -0.370 e. The van der Waals surface area contributed by atoms with Crippen LogP contribution in [0.15, 0.2) is 36.4 Å². The van der Waals surface area contributed by atoms with Crippen molar-refractivity contribution < 1.29 is 9.18 Å². The Balaban J connectivity index is 1.36. The van der Waals surface area contributed by atoms with Crippen LogP contribution in [0.1, 0.15) is 68.3 Å². The molecule has 1 unspecified atom stereocenters. The van der Waals surface area contributed by atoms with Gasteiger partial charge in [0.05, 0.1) is 6.04 Å². The van der Waals surface area contributed by atoms with Gasteiger partial charge >= 0.3 is 0 Å². The van der Waals surface area contributed by atoms with Crippen molar-refractivity contribution in [2.24, 2.45) is 5.92 Å². The first-order chi connectivity index (χ1) is 14.7. The number of hydrogen-bond acceptors (Lipinski definition) is 3. The van der Waals surface area contributed by atoms with Gasteiger partial charge in [0, 0.05) is 24.7 Å². The molecule has 4 rings (SSSR count). The zero-order valence-electron chi connectivity index (χ0n) is 17.9. The van der Waals surface area contributed by atoms with E-state index in [0.717, 1.165) is 75.1 Å². The van der Waals surface area contributed by atoms with Gasteiger partial charge in [-0.05, 0) is 80.7 Å². The number of piperidine rings is 1. The van der Waals surface area contributed by atoms with Gasteiger partial charge in [0.2, 0.25) is 5.91 Å². The molecule has 1 saturated heterocycles. The van der Waals surface area contributed by atoms with Crippen molar-refractivity contribution in [1.82, 2.24) is 9.88 Å². The predicted molar refractivity (Wildman–Crippen MR) is 118 cm³/mol. The molecule has 1 aromatic carbocycles. The van der Waals surface area contributed by atoms with E-state index in [0.29, 0.717) is 0 Å². The topological polar surface area (TPSA) is 45.2 Å². The van der Waals surface area contributed by atoms with E-state index in [-0.39, 0.29) is 23.7 Å². The number of hydrogen-bond donors (Lipinski definition) is 1. The highest BCUT2D eigenvalue weighted by atomic mass is 19.1. The van der Waals surface area contributed by atoms with Crippen molar-refractivity contribution in [3.63, 3.8) is 0 Å². The Hall–Kier alpha value is -2.43. The monoisotopic (exact) mass is 409 g/mol. The Morgan fingerprint density at radius 1 is 1.27 bits per heavy atom. The molecule has 2 aliphatic heterocycles. The zero-order chi connectivity index (χ0) is 20.9. The molecule has 0 aliphatic carbocycles. The van der Waals surface area contributed by atoms with Crippen molar-refractivity contribution >= 4 is 11.7 Å². The van der Waals surface area contributed by atoms with Gasteiger partial charge in [0.1, 0.15) is 11.6 Å². The van der Waals surface area contributed by atoms with Crippen LogP contribution in [0.3, 0.4) is 0 Å². The third kappa shape index (κ3) is 4.66. The minimum absolute atomic E-state index is 0.0376. The number of anilines is 1. The number of benzene rings is 1. The van der Waals surface area contributed by atoms with Gasteiger partial charge in [0.15, 0.2) is 0 Å². The van der Waals surface area contributed by atoms with E-state index in [1.807, 2.05) is 11.0 Å². The van der Waals surface area contributed by atoms with Crippen LogP contribution >= 0.6 is 0 Å². The molecular weight excluding hydrogens is 377 g/mol. The molecule has 0 saturated carbocycles. The van der Waals surface area contributed by atoms with Crippen molar-refractivity contribution in [3.05, 3.63) is 59.0 Å². The van der Waals surface area contributed by atoms with E-state index in [1.165, 1.54) is 18.1 Å². The molecule has 4 nitrogen and oxygen atoms in total. The van der Waals surface area contributed by atoms with Gasteiger partial charge in [-0.1, -0.05) is 25.1 Å². The molecule has 1 fully saturated rings. The summed E-state index contributed by atoms with van der Waals surface area (Å²) < 4.78 is 13.7. The highest BCUT2D eigenvalue weighted by Crippen LogP contribution is 2.32. The number of pyridine rings is 1. The molecule has 2 atom stereocenters. The van der Waals surface area contributed by atoms with E-state index in [1.54, 1.807) is 12.1 Å². The van der Waals surface area contributed by atoms with Gasteiger partial charge in [-0.25, -0.2) is 9.37 Å². The number of rotatable bonds is 7. The summed E-state index contributed by atoms with van der Waals surface area (Å²) in [5.74, 6) is 1.10. The summed E-state index contributed by atoms with van der Waals surface area (Å²) in [6.45, 7) is 3.84. The molecule has 1 aromatic heterocycles. The van der Waals surface area contributed by atoms with Crippen LogP contribution in [0.5, 0.6) is 0 Å². The molecule has 2 aromatic rings. The first kappa shape index (κ1) is 20.8. The van der Waals surface area contributed by atoms with E-state index in [9.17, 15) is 9.18 Å². The molecular formula is C25H32FN3O. The van der Waals surface area contributed by atoms with Gasteiger partial charge < -0.3 is 10.2 Å². The van der Waals surface area contributed by atoms with E-state index in [4.69, 9.17) is 4.98 Å². The molecule has 0 bridgehead atoms. The lowest BCUT2D eigenvalue weighted by atomic mass is 9.89. The lowest BCUT2D eigenvalue weighted by molar-refractivity contribution is -0.141. The Labute approximate surface area is 178 Å². The fourth-order valence-corrected chi connectivity index (χ4v) is 4.94. The van der Waals surface area contributed by atoms with Gasteiger partial charge in [-0.3, -0.25) is 4.79 Å². The van der Waals surface area contributed by atoms with E-state index in [2.05, 4.69) is 24.4 Å². The maximum atomic E-state index is 13.7. The molecule has 2 aliphatic rings. The number of halogens is 1. The standard InChI is InChI=1S/C25H32FN3O/c1-2-23(20-8-3-11-21(26)17-20)29-16-6-10-19(25(29)30)7-4-12-22-14-13-18-9-5-15-27-24(18)28-22/h3,8,11,13-14,17,19,23H,2,4-7,9-10,12,15-16H2,1H3,(H,27,28)/t19?,23-/m0/s1. The Morgan fingerprint density at radius 2 is 2.17 bits per heavy atom. The number of fused-ring (bicyclic) bond motifs is 1. The number of nitrogens with one attached hydrogen (secondary N) is 1. The minimum atomic E-state index is -0.237. The maximum Gasteiger partial charge on any atom is 0.226 e. The van der Waals surface area contributed by atoms with Crippen molar-refractivity contribution in [2.75, 3.05) is 18.4 Å². The zero-order valence-corrected chi connectivity index (χ0v) is 17.9. The molecule has 1 N–H and O–H groups in total. The van der Waals surface area contributed by atoms with Gasteiger partial charge in [0.25, 0.3) is 0 Å². The SMILES string of the molecule is CC[C@@H](c1cccc(F)c1)N1CCCC(CCCc2ccc3c(n2)NCCC3)C1=O. The Bertz CT molecular complexity index is 884. The van der Waals surface area contributed by atoms with Gasteiger partial charge in [-0.2, -0.15) is 0 Å². The summed E-state index contributed by atoms with van der Waals surface area (Å²) in [4.78, 5) is 20.0. The number of aromatic nitrogens is 1. The van der Waals surface area contributed by atoms with Gasteiger partial charge in [-0.15, -0.1) is 0 Å². The highest BCUT2D eigenvalue weighted by Gasteiger charge is 2.32. The maximum absolute atomic E-state index is 13.7. The van der Waals surface area contributed by atoms with Crippen LogP contribution in [0.4, 0.5) is 10.2 Å². The van der Waals surface area contributed by atoms with Crippen LogP contribution in [0.25, 0.3) is 0 Å². The fourth-order valence-electron chi connectivity index (χ4n) is 4.94. The molecule has 0 radical (unpaired) electrons. The molecule has 160 valence electrons. The fraction of sp³-hybridized carbons (Fsp3) is 0.520. The third-order valence-electron chi connectivity index (χ3n) is 6.52. The molecule has 30 heavy (non-hydrogen) atoms. The molecule has 3 heterocycles. The summed E-state index contributed by atoms with van der Waals surface area (Å²) in [7, 11) is 0. The van der Waals surface area contributed by atoms with E-state index < -0.39 is 0 Å². The van der Waals surface area contributed by atoms with E-state index >= 15 is 0 Å². The quantitative estimate of drug-likeness (QED) is 0.676. The van der Waals surface area contributed by atoms with Crippen LogP contribution in [-0.2, 0) is 17.6 Å². The Morgan fingerprint density at radius 3 is 3.00 bits per heavy atom. The number of amides is 1. The predicted octanol–water partition coefficient (Wildman–Crippen LogP) is 5.29. The van der Waals surface area contributed by atoms with Crippen LogP contribution in [0.2, 0.25) is 0 Å². The smallest absolute Gasteiger partial charge is 0.226 e. The number of nitrogens with zero attached hydrogens (tertiary/aromatic N) is 2. The average Bonchev–Trinajstić information content (AvgIpc) is 2.76. The van der Waals surface area contributed by atoms with Crippen LogP contribution < -0.4 is 5.32 Å². The summed E-state index contributed by atoms with van der Waals surface area (Å²) in [5.41, 5.74) is 3.32. The second kappa shape index (κ2) is 9.59. The van der Waals surface area contributed by atoms with Crippen LogP contribution in [0, 0.1) is 11.7 Å². The summed E-state index contributed by atoms with van der Waals surface area (Å²) in [5, 5.41) is 3.40. The van der Waals surface area contributed by atoms with Crippen molar-refractivity contribution in [2.45, 2.75) is 64.3 Å². The summed E-state index contributed by atoms with van der Waals surface area (Å²) in [6.07, 6.45) is 7.80. The van der Waals surface area contributed by atoms with Crippen molar-refractivity contribution in [1.29, 1.82) is 0 Å². The number of carbonyl (C=O) groups excluding carboxylic acids is 1. The Kier molecular flexibility index (Phi) is 6.66. The number of carbonyl (C=O) groups is 1. The largest absolute Gasteiger partial charge is 0.370 e. The second-order valence-corrected chi connectivity index (χ2v) is 8.58. The molecule has 0 spiro atoms. The van der Waals surface area contributed by atoms with Crippen molar-refractivity contribution in [3.8, 4) is 0 Å². The van der Waals surface area contributed by atoms with Crippen LogP contribution in [-0.4, -0.2) is 28.9 Å². The lowest BCUT2D eigenvalue weighted by Crippen LogP contribution is -2.43. The number of aryl methyl sites for hydroxylation is 2.